The molecular formula is C20H20N4O. The first-order valence-electron chi connectivity index (χ1n) is 8.52. The second kappa shape index (κ2) is 6.51. The molecule has 1 unspecified atom stereocenters. The van der Waals surface area contributed by atoms with Crippen LogP contribution in [0.2, 0.25) is 0 Å². The molecule has 0 spiro atoms. The summed E-state index contributed by atoms with van der Waals surface area (Å²) in [4.78, 5) is 25.5. The fraction of sp³-hybridized carbons (Fsp3) is 0.250. The number of fused-ring (bicyclic) bond motifs is 1. The van der Waals surface area contributed by atoms with Gasteiger partial charge in [-0.2, -0.15) is 0 Å². The predicted molar refractivity (Wildman–Crippen MR) is 97.9 cm³/mol. The molecule has 0 saturated carbocycles. The lowest BCUT2D eigenvalue weighted by molar-refractivity contribution is -0.125. The number of nitrogens with zero attached hydrogens (tertiary/aromatic N) is 3. The van der Waals surface area contributed by atoms with Crippen LogP contribution in [0.1, 0.15) is 12.0 Å². The molecule has 126 valence electrons. The highest BCUT2D eigenvalue weighted by Crippen LogP contribution is 2.29. The third kappa shape index (κ3) is 3.05. The highest BCUT2D eigenvalue weighted by molar-refractivity contribution is 5.93. The van der Waals surface area contributed by atoms with Gasteiger partial charge in [0.15, 0.2) is 0 Å². The van der Waals surface area contributed by atoms with E-state index in [1.165, 1.54) is 11.6 Å². The maximum absolute atomic E-state index is 11.7. The van der Waals surface area contributed by atoms with E-state index in [-0.39, 0.29) is 5.91 Å². The SMILES string of the molecule is C=CC(=O)N1CCC(Cc2cnc3[nH]cc(-c4ccncc4)c3c2)C1. The van der Waals surface area contributed by atoms with Crippen molar-refractivity contribution in [1.29, 1.82) is 0 Å². The van der Waals surface area contributed by atoms with Crippen molar-refractivity contribution in [2.45, 2.75) is 12.8 Å². The van der Waals surface area contributed by atoms with Crippen molar-refractivity contribution in [2.75, 3.05) is 13.1 Å². The molecule has 0 bridgehead atoms. The smallest absolute Gasteiger partial charge is 0.245 e. The molecule has 5 nitrogen and oxygen atoms in total. The van der Waals surface area contributed by atoms with E-state index in [0.29, 0.717) is 5.92 Å². The molecule has 0 radical (unpaired) electrons. The molecule has 1 atom stereocenters. The zero-order valence-electron chi connectivity index (χ0n) is 14.0. The topological polar surface area (TPSA) is 61.9 Å². The van der Waals surface area contributed by atoms with Crippen LogP contribution in [0.5, 0.6) is 0 Å². The van der Waals surface area contributed by atoms with E-state index >= 15 is 0 Å². The van der Waals surface area contributed by atoms with Gasteiger partial charge in [-0.05, 0) is 54.2 Å². The van der Waals surface area contributed by atoms with E-state index in [4.69, 9.17) is 0 Å². The Balaban J connectivity index is 1.57. The third-order valence-electron chi connectivity index (χ3n) is 4.88. The number of nitrogens with one attached hydrogen (secondary N) is 1. The number of pyridine rings is 2. The Hall–Kier alpha value is -2.95. The highest BCUT2D eigenvalue weighted by Gasteiger charge is 2.25. The average molecular weight is 332 g/mol. The molecule has 4 rings (SSSR count). The van der Waals surface area contributed by atoms with Crippen molar-refractivity contribution in [3.8, 4) is 11.1 Å². The van der Waals surface area contributed by atoms with Crippen LogP contribution < -0.4 is 0 Å². The van der Waals surface area contributed by atoms with Gasteiger partial charge in [-0.15, -0.1) is 0 Å². The molecule has 3 aromatic rings. The Morgan fingerprint density at radius 3 is 3.04 bits per heavy atom. The second-order valence-corrected chi connectivity index (χ2v) is 6.53. The number of carbonyl (C=O) groups is 1. The quantitative estimate of drug-likeness (QED) is 0.746. The molecule has 5 heteroatoms. The first-order valence-corrected chi connectivity index (χ1v) is 8.52. The summed E-state index contributed by atoms with van der Waals surface area (Å²) in [6.45, 7) is 5.19. The van der Waals surface area contributed by atoms with Crippen LogP contribution in [0.25, 0.3) is 22.2 Å². The van der Waals surface area contributed by atoms with Crippen molar-refractivity contribution < 1.29 is 4.79 Å². The van der Waals surface area contributed by atoms with Crippen molar-refractivity contribution in [3.05, 3.63) is 61.2 Å². The van der Waals surface area contributed by atoms with Gasteiger partial charge >= 0.3 is 0 Å². The molecular weight excluding hydrogens is 312 g/mol. The molecule has 25 heavy (non-hydrogen) atoms. The summed E-state index contributed by atoms with van der Waals surface area (Å²) in [7, 11) is 0. The summed E-state index contributed by atoms with van der Waals surface area (Å²) in [5.41, 5.74) is 4.37. The maximum atomic E-state index is 11.7. The molecule has 1 aliphatic heterocycles. The fourth-order valence-electron chi connectivity index (χ4n) is 3.59. The summed E-state index contributed by atoms with van der Waals surface area (Å²) in [6.07, 6.45) is 10.9. The fourth-order valence-corrected chi connectivity index (χ4v) is 3.59. The lowest BCUT2D eigenvalue weighted by Crippen LogP contribution is -2.26. The zero-order valence-corrected chi connectivity index (χ0v) is 14.0. The summed E-state index contributed by atoms with van der Waals surface area (Å²) < 4.78 is 0. The number of hydrogen-bond donors (Lipinski definition) is 1. The monoisotopic (exact) mass is 332 g/mol. The van der Waals surface area contributed by atoms with E-state index in [9.17, 15) is 4.79 Å². The third-order valence-corrected chi connectivity index (χ3v) is 4.88. The first-order chi connectivity index (χ1) is 12.2. The van der Waals surface area contributed by atoms with Gasteiger partial charge in [-0.25, -0.2) is 4.98 Å². The zero-order chi connectivity index (χ0) is 17.2. The molecule has 1 aliphatic rings. The van der Waals surface area contributed by atoms with Crippen LogP contribution in [0.15, 0.2) is 55.6 Å². The number of carbonyl (C=O) groups excluding carboxylic acids is 1. The summed E-state index contributed by atoms with van der Waals surface area (Å²) in [5.74, 6) is 0.508. The van der Waals surface area contributed by atoms with Crippen molar-refractivity contribution >= 4 is 16.9 Å². The molecule has 3 aromatic heterocycles. The molecule has 1 saturated heterocycles. The van der Waals surface area contributed by atoms with Crippen LogP contribution in [0.4, 0.5) is 0 Å². The largest absolute Gasteiger partial charge is 0.346 e. The molecule has 0 aromatic carbocycles. The summed E-state index contributed by atoms with van der Waals surface area (Å²) >= 11 is 0. The number of amides is 1. The Morgan fingerprint density at radius 2 is 2.24 bits per heavy atom. The van der Waals surface area contributed by atoms with E-state index in [2.05, 4.69) is 27.6 Å². The lowest BCUT2D eigenvalue weighted by atomic mass is 9.98. The minimum atomic E-state index is 0.0293. The number of likely N-dealkylation sites (tertiary alicyclic amines) is 1. The van der Waals surface area contributed by atoms with Gasteiger partial charge < -0.3 is 9.88 Å². The number of rotatable bonds is 4. The van der Waals surface area contributed by atoms with Crippen molar-refractivity contribution in [3.63, 3.8) is 0 Å². The van der Waals surface area contributed by atoms with Crippen LogP contribution in [-0.4, -0.2) is 38.8 Å². The summed E-state index contributed by atoms with van der Waals surface area (Å²) in [6, 6.07) is 6.22. The standard InChI is InChI=1S/C20H20N4O/c1-2-19(25)24-8-5-14(13-24)9-15-10-17-18(12-23-20(17)22-11-15)16-3-6-21-7-4-16/h2-4,6-7,10-12,14H,1,5,8-9,13H2,(H,22,23). The maximum Gasteiger partial charge on any atom is 0.245 e. The average Bonchev–Trinajstić information content (AvgIpc) is 3.28. The van der Waals surface area contributed by atoms with Crippen molar-refractivity contribution in [2.24, 2.45) is 5.92 Å². The van der Waals surface area contributed by atoms with Crippen LogP contribution in [0, 0.1) is 5.92 Å². The van der Waals surface area contributed by atoms with Gasteiger partial charge in [0.2, 0.25) is 5.91 Å². The van der Waals surface area contributed by atoms with Crippen LogP contribution >= 0.6 is 0 Å². The number of H-pyrrole nitrogens is 1. The van der Waals surface area contributed by atoms with E-state index in [1.54, 1.807) is 12.4 Å². The van der Waals surface area contributed by atoms with Crippen LogP contribution in [-0.2, 0) is 11.2 Å². The van der Waals surface area contributed by atoms with Crippen molar-refractivity contribution in [1.82, 2.24) is 19.9 Å². The molecule has 1 N–H and O–H groups in total. The predicted octanol–water partition coefficient (Wildman–Crippen LogP) is 3.20. The normalized spacial score (nSPS) is 17.1. The highest BCUT2D eigenvalue weighted by atomic mass is 16.2. The summed E-state index contributed by atoms with van der Waals surface area (Å²) in [5, 5.41) is 1.13. The van der Waals surface area contributed by atoms with E-state index in [0.717, 1.165) is 48.1 Å². The Labute approximate surface area is 146 Å². The van der Waals surface area contributed by atoms with Gasteiger partial charge in [-0.1, -0.05) is 6.58 Å². The van der Waals surface area contributed by atoms with Gasteiger partial charge in [0.05, 0.1) is 0 Å². The minimum absolute atomic E-state index is 0.0293. The van der Waals surface area contributed by atoms with E-state index < -0.39 is 0 Å². The second-order valence-electron chi connectivity index (χ2n) is 6.53. The van der Waals surface area contributed by atoms with Gasteiger partial charge in [0, 0.05) is 48.8 Å². The minimum Gasteiger partial charge on any atom is -0.346 e. The molecule has 1 amide bonds. The molecule has 0 aliphatic carbocycles. The van der Waals surface area contributed by atoms with E-state index in [1.807, 2.05) is 29.4 Å². The van der Waals surface area contributed by atoms with Gasteiger partial charge in [0.25, 0.3) is 0 Å². The van der Waals surface area contributed by atoms with Crippen LogP contribution in [0.3, 0.4) is 0 Å². The number of aromatic nitrogens is 3. The first kappa shape index (κ1) is 15.6. The Kier molecular flexibility index (Phi) is 4.06. The Morgan fingerprint density at radius 1 is 1.40 bits per heavy atom. The van der Waals surface area contributed by atoms with Gasteiger partial charge in [0.1, 0.15) is 5.65 Å². The lowest BCUT2D eigenvalue weighted by Gasteiger charge is -2.14. The molecule has 4 heterocycles. The number of aromatic amines is 1. The molecule has 1 fully saturated rings. The number of hydrogen-bond acceptors (Lipinski definition) is 3. The van der Waals surface area contributed by atoms with Gasteiger partial charge in [-0.3, -0.25) is 9.78 Å². The Bertz CT molecular complexity index is 916.